The van der Waals surface area contributed by atoms with Crippen molar-refractivity contribution in [3.05, 3.63) is 22.4 Å². The number of carbonyl (C=O) groups is 2. The minimum atomic E-state index is -0.265. The summed E-state index contributed by atoms with van der Waals surface area (Å²) >= 11 is 1.75. The van der Waals surface area contributed by atoms with E-state index in [0.29, 0.717) is 12.6 Å². The van der Waals surface area contributed by atoms with Crippen LogP contribution in [-0.2, 0) is 4.79 Å². The Morgan fingerprint density at radius 2 is 2.32 bits per heavy atom. The SMILES string of the molecule is CC(c1cccs1)N(C)CCCN1C(=O)CNC1=O. The Morgan fingerprint density at radius 1 is 1.53 bits per heavy atom. The molecule has 6 heteroatoms. The van der Waals surface area contributed by atoms with Gasteiger partial charge in [-0.15, -0.1) is 11.3 Å². The van der Waals surface area contributed by atoms with Gasteiger partial charge in [0.1, 0.15) is 0 Å². The van der Waals surface area contributed by atoms with E-state index in [9.17, 15) is 9.59 Å². The van der Waals surface area contributed by atoms with Crippen LogP contribution in [0.5, 0.6) is 0 Å². The molecule has 0 spiro atoms. The van der Waals surface area contributed by atoms with Crippen molar-refractivity contribution < 1.29 is 9.59 Å². The number of nitrogens with one attached hydrogen (secondary N) is 1. The molecule has 1 aromatic rings. The molecule has 5 nitrogen and oxygen atoms in total. The second kappa shape index (κ2) is 6.16. The van der Waals surface area contributed by atoms with E-state index in [-0.39, 0.29) is 18.5 Å². The van der Waals surface area contributed by atoms with Crippen LogP contribution < -0.4 is 5.32 Å². The Bertz CT molecular complexity index is 431. The highest BCUT2D eigenvalue weighted by Crippen LogP contribution is 2.23. The highest BCUT2D eigenvalue weighted by atomic mass is 32.1. The second-order valence-corrected chi connectivity index (χ2v) is 5.71. The first-order chi connectivity index (χ1) is 9.09. The fourth-order valence-electron chi connectivity index (χ4n) is 2.10. The van der Waals surface area contributed by atoms with E-state index in [1.807, 2.05) is 0 Å². The number of amides is 3. The molecule has 0 bridgehead atoms. The number of carbonyl (C=O) groups excluding carboxylic acids is 2. The predicted octanol–water partition coefficient (Wildman–Crippen LogP) is 1.68. The molecular formula is C13H19N3O2S. The van der Waals surface area contributed by atoms with Gasteiger partial charge in [-0.2, -0.15) is 0 Å². The third kappa shape index (κ3) is 3.33. The third-order valence-electron chi connectivity index (χ3n) is 3.45. The van der Waals surface area contributed by atoms with Crippen molar-refractivity contribution >= 4 is 23.3 Å². The molecule has 19 heavy (non-hydrogen) atoms. The van der Waals surface area contributed by atoms with Crippen molar-refractivity contribution in [2.45, 2.75) is 19.4 Å². The molecular weight excluding hydrogens is 262 g/mol. The maximum atomic E-state index is 11.4. The lowest BCUT2D eigenvalue weighted by Crippen LogP contribution is -2.34. The summed E-state index contributed by atoms with van der Waals surface area (Å²) in [6.07, 6.45) is 0.797. The molecule has 0 radical (unpaired) electrons. The average Bonchev–Trinajstić information content (AvgIpc) is 3.02. The number of rotatable bonds is 6. The summed E-state index contributed by atoms with van der Waals surface area (Å²) in [5.74, 6) is -0.126. The van der Waals surface area contributed by atoms with E-state index in [1.54, 1.807) is 11.3 Å². The van der Waals surface area contributed by atoms with Crippen molar-refractivity contribution in [1.82, 2.24) is 15.1 Å². The zero-order valence-corrected chi connectivity index (χ0v) is 12.1. The molecule has 104 valence electrons. The van der Waals surface area contributed by atoms with Gasteiger partial charge in [-0.05, 0) is 31.8 Å². The molecule has 3 amide bonds. The van der Waals surface area contributed by atoms with E-state index in [4.69, 9.17) is 0 Å². The average molecular weight is 281 g/mol. The van der Waals surface area contributed by atoms with E-state index in [1.165, 1.54) is 9.78 Å². The van der Waals surface area contributed by atoms with E-state index < -0.39 is 0 Å². The molecule has 1 aromatic heterocycles. The van der Waals surface area contributed by atoms with Crippen molar-refractivity contribution in [1.29, 1.82) is 0 Å². The van der Waals surface area contributed by atoms with Gasteiger partial charge in [-0.25, -0.2) is 4.79 Å². The van der Waals surface area contributed by atoms with Crippen LogP contribution in [0.15, 0.2) is 17.5 Å². The van der Waals surface area contributed by atoms with Gasteiger partial charge in [0.25, 0.3) is 0 Å². The van der Waals surface area contributed by atoms with Gasteiger partial charge in [0, 0.05) is 24.0 Å². The molecule has 0 aliphatic carbocycles. The lowest BCUT2D eigenvalue weighted by Gasteiger charge is -2.24. The first-order valence-electron chi connectivity index (χ1n) is 6.41. The van der Waals surface area contributed by atoms with Crippen LogP contribution in [0, 0.1) is 0 Å². The summed E-state index contributed by atoms with van der Waals surface area (Å²) in [5.41, 5.74) is 0. The molecule has 2 heterocycles. The largest absolute Gasteiger partial charge is 0.329 e. The maximum absolute atomic E-state index is 11.4. The molecule has 0 aromatic carbocycles. The number of hydrogen-bond donors (Lipinski definition) is 1. The number of imide groups is 1. The molecule has 1 aliphatic rings. The lowest BCUT2D eigenvalue weighted by atomic mass is 10.2. The summed E-state index contributed by atoms with van der Waals surface area (Å²) in [6.45, 7) is 3.65. The van der Waals surface area contributed by atoms with Gasteiger partial charge >= 0.3 is 6.03 Å². The minimum Gasteiger partial charge on any atom is -0.329 e. The molecule has 1 saturated heterocycles. The number of urea groups is 1. The van der Waals surface area contributed by atoms with Crippen LogP contribution in [0.3, 0.4) is 0 Å². The summed E-state index contributed by atoms with van der Waals surface area (Å²) in [4.78, 5) is 27.6. The Morgan fingerprint density at radius 3 is 2.89 bits per heavy atom. The summed E-state index contributed by atoms with van der Waals surface area (Å²) in [7, 11) is 2.07. The fraction of sp³-hybridized carbons (Fsp3) is 0.538. The molecule has 1 atom stereocenters. The van der Waals surface area contributed by atoms with Crippen molar-refractivity contribution in [3.63, 3.8) is 0 Å². The summed E-state index contributed by atoms with van der Waals surface area (Å²) in [5, 5.41) is 4.60. The Hall–Kier alpha value is -1.40. The lowest BCUT2D eigenvalue weighted by molar-refractivity contribution is -0.125. The van der Waals surface area contributed by atoms with Gasteiger partial charge in [-0.3, -0.25) is 14.6 Å². The molecule has 0 saturated carbocycles. The van der Waals surface area contributed by atoms with E-state index >= 15 is 0 Å². The molecule has 1 N–H and O–H groups in total. The molecule has 1 unspecified atom stereocenters. The van der Waals surface area contributed by atoms with Crippen LogP contribution >= 0.6 is 11.3 Å². The monoisotopic (exact) mass is 281 g/mol. The predicted molar refractivity (Wildman–Crippen MR) is 75.1 cm³/mol. The van der Waals surface area contributed by atoms with Gasteiger partial charge in [0.2, 0.25) is 5.91 Å². The number of hydrogen-bond acceptors (Lipinski definition) is 4. The van der Waals surface area contributed by atoms with Gasteiger partial charge in [0.05, 0.1) is 6.54 Å². The number of nitrogens with zero attached hydrogens (tertiary/aromatic N) is 2. The van der Waals surface area contributed by atoms with Crippen LogP contribution in [0.1, 0.15) is 24.3 Å². The molecule has 2 rings (SSSR count). The quantitative estimate of drug-likeness (QED) is 0.807. The topological polar surface area (TPSA) is 52.6 Å². The Kier molecular flexibility index (Phi) is 4.55. The smallest absolute Gasteiger partial charge is 0.324 e. The molecule has 1 aliphatic heterocycles. The first-order valence-corrected chi connectivity index (χ1v) is 7.29. The molecule has 1 fully saturated rings. The van der Waals surface area contributed by atoms with Crippen LogP contribution in [0.25, 0.3) is 0 Å². The Labute approximate surface area is 117 Å². The first kappa shape index (κ1) is 14.0. The van der Waals surface area contributed by atoms with Gasteiger partial charge < -0.3 is 5.32 Å². The summed E-state index contributed by atoms with van der Waals surface area (Å²) in [6, 6.07) is 4.28. The maximum Gasteiger partial charge on any atom is 0.324 e. The standard InChI is InChI=1S/C13H19N3O2S/c1-10(11-5-3-8-19-11)15(2)6-4-7-16-12(17)9-14-13(16)18/h3,5,8,10H,4,6-7,9H2,1-2H3,(H,14,18). The van der Waals surface area contributed by atoms with Gasteiger partial charge in [0.15, 0.2) is 0 Å². The van der Waals surface area contributed by atoms with Crippen LogP contribution in [-0.4, -0.2) is 48.4 Å². The fourth-order valence-corrected chi connectivity index (χ4v) is 2.95. The van der Waals surface area contributed by atoms with Crippen molar-refractivity contribution in [3.8, 4) is 0 Å². The van der Waals surface area contributed by atoms with Crippen LogP contribution in [0.4, 0.5) is 4.79 Å². The van der Waals surface area contributed by atoms with Crippen molar-refractivity contribution in [2.75, 3.05) is 26.7 Å². The normalized spacial score (nSPS) is 17.1. The minimum absolute atomic E-state index is 0.126. The van der Waals surface area contributed by atoms with Crippen LogP contribution in [0.2, 0.25) is 0 Å². The number of thiophene rings is 1. The Balaban J connectivity index is 1.76. The van der Waals surface area contributed by atoms with Gasteiger partial charge in [-0.1, -0.05) is 6.07 Å². The highest BCUT2D eigenvalue weighted by Gasteiger charge is 2.27. The zero-order chi connectivity index (χ0) is 13.8. The third-order valence-corrected chi connectivity index (χ3v) is 4.49. The second-order valence-electron chi connectivity index (χ2n) is 4.73. The zero-order valence-electron chi connectivity index (χ0n) is 11.3. The van der Waals surface area contributed by atoms with E-state index in [0.717, 1.165) is 13.0 Å². The van der Waals surface area contributed by atoms with E-state index in [2.05, 4.69) is 41.7 Å². The highest BCUT2D eigenvalue weighted by molar-refractivity contribution is 7.10. The summed E-state index contributed by atoms with van der Waals surface area (Å²) < 4.78 is 0. The van der Waals surface area contributed by atoms with Crippen molar-refractivity contribution in [2.24, 2.45) is 0 Å².